The zero-order chi connectivity index (χ0) is 13.8. The third-order valence-corrected chi connectivity index (χ3v) is 3.77. The summed E-state index contributed by atoms with van der Waals surface area (Å²) in [7, 11) is 0. The number of ether oxygens (including phenoxy) is 1. The van der Waals surface area contributed by atoms with Crippen LogP contribution in [0.1, 0.15) is 50.5 Å². The van der Waals surface area contributed by atoms with Gasteiger partial charge in [0.1, 0.15) is 11.4 Å². The van der Waals surface area contributed by atoms with E-state index in [9.17, 15) is 0 Å². The van der Waals surface area contributed by atoms with Crippen molar-refractivity contribution in [3.05, 3.63) is 29.0 Å². The second-order valence-corrected chi connectivity index (χ2v) is 6.27. The Labute approximate surface area is 113 Å². The fourth-order valence-corrected chi connectivity index (χ4v) is 3.05. The lowest BCUT2D eigenvalue weighted by Gasteiger charge is -2.16. The molecule has 1 aromatic heterocycles. The van der Waals surface area contributed by atoms with Crippen LogP contribution >= 0.6 is 0 Å². The van der Waals surface area contributed by atoms with Gasteiger partial charge >= 0.3 is 0 Å². The average Bonchev–Trinajstić information content (AvgIpc) is 2.83. The van der Waals surface area contributed by atoms with Crippen molar-refractivity contribution in [3.63, 3.8) is 0 Å². The molecule has 3 rings (SSSR count). The Hall–Kier alpha value is -1.48. The zero-order valence-electron chi connectivity index (χ0n) is 12.0. The number of hydrogen-bond donors (Lipinski definition) is 1. The monoisotopic (exact) mass is 259 g/mol. The van der Waals surface area contributed by atoms with E-state index in [4.69, 9.17) is 14.9 Å². The number of fused-ring (bicyclic) bond motifs is 3. The summed E-state index contributed by atoms with van der Waals surface area (Å²) in [5.41, 5.74) is 8.98. The predicted molar refractivity (Wildman–Crippen MR) is 76.6 cm³/mol. The molecular weight excluding hydrogens is 238 g/mol. The Morgan fingerprint density at radius 1 is 1.32 bits per heavy atom. The summed E-state index contributed by atoms with van der Waals surface area (Å²) in [6.45, 7) is 8.98. The highest BCUT2D eigenvalue weighted by molar-refractivity contribution is 5.89. The van der Waals surface area contributed by atoms with Crippen LogP contribution in [0.2, 0.25) is 0 Å². The molecule has 1 aliphatic heterocycles. The number of hydrogen-bond acceptors (Lipinski definition) is 3. The normalized spacial score (nSPS) is 16.9. The van der Waals surface area contributed by atoms with E-state index in [1.54, 1.807) is 0 Å². The SMILES string of the molecule is CC(C)c1c(CN)oc2c3c(ccc12)CC(C)(C)O3. The van der Waals surface area contributed by atoms with Crippen LogP contribution in [-0.4, -0.2) is 5.60 Å². The van der Waals surface area contributed by atoms with E-state index in [-0.39, 0.29) is 5.60 Å². The van der Waals surface area contributed by atoms with E-state index in [0.717, 1.165) is 28.9 Å². The number of benzene rings is 1. The minimum atomic E-state index is -0.149. The highest BCUT2D eigenvalue weighted by Crippen LogP contribution is 2.44. The van der Waals surface area contributed by atoms with Crippen LogP contribution in [0.3, 0.4) is 0 Å². The van der Waals surface area contributed by atoms with Gasteiger partial charge in [0.05, 0.1) is 6.54 Å². The Bertz CT molecular complexity index is 638. The molecular formula is C16H21NO2. The van der Waals surface area contributed by atoms with Gasteiger partial charge in [0.15, 0.2) is 11.3 Å². The average molecular weight is 259 g/mol. The maximum Gasteiger partial charge on any atom is 0.176 e. The molecule has 0 unspecified atom stereocenters. The third kappa shape index (κ3) is 1.84. The van der Waals surface area contributed by atoms with Crippen molar-refractivity contribution < 1.29 is 9.15 Å². The molecule has 0 spiro atoms. The Morgan fingerprint density at radius 3 is 2.68 bits per heavy atom. The molecule has 1 aromatic carbocycles. The van der Waals surface area contributed by atoms with Crippen LogP contribution in [0, 0.1) is 0 Å². The lowest BCUT2D eigenvalue weighted by Crippen LogP contribution is -2.24. The second-order valence-electron chi connectivity index (χ2n) is 6.27. The summed E-state index contributed by atoms with van der Waals surface area (Å²) in [6, 6.07) is 4.31. The standard InChI is InChI=1S/C16H21NO2/c1-9(2)13-11-6-5-10-7-16(3,4)19-14(10)15(11)18-12(13)8-17/h5-6,9H,7-8,17H2,1-4H3. The largest absolute Gasteiger partial charge is 0.483 e. The number of nitrogens with two attached hydrogens (primary N) is 1. The lowest BCUT2D eigenvalue weighted by atomic mass is 9.97. The van der Waals surface area contributed by atoms with Gasteiger partial charge in [-0.1, -0.05) is 26.0 Å². The first-order valence-electron chi connectivity index (χ1n) is 6.89. The molecule has 19 heavy (non-hydrogen) atoms. The molecule has 2 heterocycles. The fourth-order valence-electron chi connectivity index (χ4n) is 3.05. The van der Waals surface area contributed by atoms with Gasteiger partial charge in [-0.15, -0.1) is 0 Å². The van der Waals surface area contributed by atoms with Crippen molar-refractivity contribution in [1.82, 2.24) is 0 Å². The summed E-state index contributed by atoms with van der Waals surface area (Å²) in [4.78, 5) is 0. The van der Waals surface area contributed by atoms with E-state index >= 15 is 0 Å². The quantitative estimate of drug-likeness (QED) is 0.894. The molecule has 0 saturated heterocycles. The van der Waals surface area contributed by atoms with Crippen molar-refractivity contribution in [2.75, 3.05) is 0 Å². The van der Waals surface area contributed by atoms with Crippen molar-refractivity contribution in [3.8, 4) is 5.75 Å². The highest BCUT2D eigenvalue weighted by atomic mass is 16.5. The van der Waals surface area contributed by atoms with Gasteiger partial charge in [-0.25, -0.2) is 0 Å². The topological polar surface area (TPSA) is 48.4 Å². The van der Waals surface area contributed by atoms with Gasteiger partial charge < -0.3 is 14.9 Å². The molecule has 0 bridgehead atoms. The maximum absolute atomic E-state index is 6.07. The molecule has 0 saturated carbocycles. The summed E-state index contributed by atoms with van der Waals surface area (Å²) < 4.78 is 12.1. The molecule has 0 fully saturated rings. The Morgan fingerprint density at radius 2 is 2.05 bits per heavy atom. The zero-order valence-corrected chi connectivity index (χ0v) is 12.0. The Balaban J connectivity index is 2.27. The molecule has 102 valence electrons. The van der Waals surface area contributed by atoms with Crippen LogP contribution in [0.15, 0.2) is 16.5 Å². The van der Waals surface area contributed by atoms with Crippen LogP contribution < -0.4 is 10.5 Å². The Kier molecular flexibility index (Phi) is 2.65. The van der Waals surface area contributed by atoms with Gasteiger partial charge in [0, 0.05) is 22.9 Å². The molecule has 2 aromatic rings. The summed E-state index contributed by atoms with van der Waals surface area (Å²) in [6.07, 6.45) is 0.925. The first-order chi connectivity index (χ1) is 8.93. The summed E-state index contributed by atoms with van der Waals surface area (Å²) in [5, 5.41) is 1.15. The summed E-state index contributed by atoms with van der Waals surface area (Å²) in [5.74, 6) is 2.18. The molecule has 0 atom stereocenters. The number of furan rings is 1. The van der Waals surface area contributed by atoms with E-state index in [1.807, 2.05) is 0 Å². The molecule has 3 heteroatoms. The first kappa shape index (κ1) is 12.5. The van der Waals surface area contributed by atoms with E-state index in [0.29, 0.717) is 12.5 Å². The second kappa shape index (κ2) is 4.01. The van der Waals surface area contributed by atoms with Crippen LogP contribution in [0.5, 0.6) is 5.75 Å². The van der Waals surface area contributed by atoms with E-state index in [2.05, 4.69) is 39.8 Å². The minimum Gasteiger partial charge on any atom is -0.483 e. The van der Waals surface area contributed by atoms with Crippen LogP contribution in [0.25, 0.3) is 11.0 Å². The van der Waals surface area contributed by atoms with Crippen molar-refractivity contribution in [2.24, 2.45) is 5.73 Å². The van der Waals surface area contributed by atoms with Gasteiger partial charge in [0.2, 0.25) is 0 Å². The molecule has 2 N–H and O–H groups in total. The molecule has 0 aliphatic carbocycles. The fraction of sp³-hybridized carbons (Fsp3) is 0.500. The summed E-state index contributed by atoms with van der Waals surface area (Å²) >= 11 is 0. The van der Waals surface area contributed by atoms with Crippen LogP contribution in [-0.2, 0) is 13.0 Å². The van der Waals surface area contributed by atoms with Crippen molar-refractivity contribution >= 4 is 11.0 Å². The first-order valence-corrected chi connectivity index (χ1v) is 6.89. The molecule has 1 aliphatic rings. The number of rotatable bonds is 2. The minimum absolute atomic E-state index is 0.149. The maximum atomic E-state index is 6.07. The predicted octanol–water partition coefficient (Wildman–Crippen LogP) is 3.73. The smallest absolute Gasteiger partial charge is 0.176 e. The lowest BCUT2D eigenvalue weighted by molar-refractivity contribution is 0.138. The van der Waals surface area contributed by atoms with Gasteiger partial charge in [-0.05, 0) is 19.8 Å². The van der Waals surface area contributed by atoms with Gasteiger partial charge in [-0.3, -0.25) is 0 Å². The third-order valence-electron chi connectivity index (χ3n) is 3.77. The molecule has 3 nitrogen and oxygen atoms in total. The van der Waals surface area contributed by atoms with Crippen molar-refractivity contribution in [1.29, 1.82) is 0 Å². The highest BCUT2D eigenvalue weighted by Gasteiger charge is 2.33. The van der Waals surface area contributed by atoms with E-state index in [1.165, 1.54) is 11.1 Å². The van der Waals surface area contributed by atoms with Crippen LogP contribution in [0.4, 0.5) is 0 Å². The van der Waals surface area contributed by atoms with Gasteiger partial charge in [-0.2, -0.15) is 0 Å². The van der Waals surface area contributed by atoms with Crippen molar-refractivity contribution in [2.45, 2.75) is 52.2 Å². The molecule has 0 amide bonds. The molecule has 0 radical (unpaired) electrons. The van der Waals surface area contributed by atoms with E-state index < -0.39 is 0 Å². The van der Waals surface area contributed by atoms with Gasteiger partial charge in [0.25, 0.3) is 0 Å².